The monoisotopic (exact) mass is 386 g/mol. The number of hydrogen-bond acceptors (Lipinski definition) is 4. The van der Waals surface area contributed by atoms with Crippen molar-refractivity contribution in [3.8, 4) is 0 Å². The summed E-state index contributed by atoms with van der Waals surface area (Å²) < 4.78 is 31.8. The SMILES string of the molecule is Cc1ccc(NC(=O)C=Cc2ccc(S(=O)(=O)N3CCOCC3)cc2)cc1. The van der Waals surface area contributed by atoms with Crippen molar-refractivity contribution in [1.82, 2.24) is 4.31 Å². The highest BCUT2D eigenvalue weighted by Crippen LogP contribution is 2.18. The number of nitrogens with zero attached hydrogens (tertiary/aromatic N) is 1. The Morgan fingerprint density at radius 1 is 1.04 bits per heavy atom. The summed E-state index contributed by atoms with van der Waals surface area (Å²) in [5, 5.41) is 2.78. The first kappa shape index (κ1) is 19.3. The lowest BCUT2D eigenvalue weighted by molar-refractivity contribution is -0.111. The van der Waals surface area contributed by atoms with Crippen LogP contribution in [-0.4, -0.2) is 44.9 Å². The zero-order valence-electron chi connectivity index (χ0n) is 15.1. The van der Waals surface area contributed by atoms with Crippen LogP contribution in [0.3, 0.4) is 0 Å². The number of anilines is 1. The van der Waals surface area contributed by atoms with E-state index < -0.39 is 10.0 Å². The summed E-state index contributed by atoms with van der Waals surface area (Å²) in [5.74, 6) is -0.246. The predicted octanol–water partition coefficient (Wildman–Crippen LogP) is 2.67. The van der Waals surface area contributed by atoms with E-state index in [1.54, 1.807) is 30.3 Å². The fourth-order valence-electron chi connectivity index (χ4n) is 2.68. The van der Waals surface area contributed by atoms with Crippen molar-refractivity contribution in [2.75, 3.05) is 31.6 Å². The highest BCUT2D eigenvalue weighted by atomic mass is 32.2. The Hall–Kier alpha value is -2.48. The lowest BCUT2D eigenvalue weighted by Gasteiger charge is -2.26. The van der Waals surface area contributed by atoms with E-state index in [1.165, 1.54) is 10.4 Å². The molecule has 1 aliphatic rings. The third-order valence-corrected chi connectivity index (χ3v) is 6.15. The number of aryl methyl sites for hydroxylation is 1. The molecule has 1 fully saturated rings. The highest BCUT2D eigenvalue weighted by Gasteiger charge is 2.25. The number of sulfonamides is 1. The van der Waals surface area contributed by atoms with Crippen molar-refractivity contribution in [3.05, 3.63) is 65.7 Å². The number of ether oxygens (including phenoxy) is 1. The van der Waals surface area contributed by atoms with Gasteiger partial charge in [0.2, 0.25) is 15.9 Å². The minimum atomic E-state index is -3.50. The second-order valence-electron chi connectivity index (χ2n) is 6.27. The average Bonchev–Trinajstić information content (AvgIpc) is 2.69. The average molecular weight is 386 g/mol. The molecule has 1 amide bonds. The molecule has 3 rings (SSSR count). The number of benzene rings is 2. The third kappa shape index (κ3) is 5.03. The van der Waals surface area contributed by atoms with Gasteiger partial charge in [0.1, 0.15) is 0 Å². The van der Waals surface area contributed by atoms with Crippen LogP contribution in [-0.2, 0) is 19.6 Å². The molecule has 2 aromatic rings. The molecule has 1 N–H and O–H groups in total. The van der Waals surface area contributed by atoms with Gasteiger partial charge in [-0.15, -0.1) is 0 Å². The fourth-order valence-corrected chi connectivity index (χ4v) is 4.09. The lowest BCUT2D eigenvalue weighted by atomic mass is 10.2. The van der Waals surface area contributed by atoms with Gasteiger partial charge in [-0.1, -0.05) is 29.8 Å². The summed E-state index contributed by atoms with van der Waals surface area (Å²) in [6.45, 7) is 3.53. The molecule has 0 radical (unpaired) electrons. The van der Waals surface area contributed by atoms with Gasteiger partial charge < -0.3 is 10.1 Å². The Bertz CT molecular complexity index is 913. The molecule has 6 nitrogen and oxygen atoms in total. The van der Waals surface area contributed by atoms with Crippen molar-refractivity contribution in [2.24, 2.45) is 0 Å². The van der Waals surface area contributed by atoms with Crippen LogP contribution in [0.4, 0.5) is 5.69 Å². The van der Waals surface area contributed by atoms with Gasteiger partial charge in [-0.3, -0.25) is 4.79 Å². The first-order chi connectivity index (χ1) is 12.9. The van der Waals surface area contributed by atoms with Crippen LogP contribution in [0, 0.1) is 6.92 Å². The van der Waals surface area contributed by atoms with Gasteiger partial charge in [-0.2, -0.15) is 4.31 Å². The van der Waals surface area contributed by atoms with E-state index in [0.717, 1.165) is 16.8 Å². The largest absolute Gasteiger partial charge is 0.379 e. The van der Waals surface area contributed by atoms with Crippen LogP contribution >= 0.6 is 0 Å². The first-order valence-electron chi connectivity index (χ1n) is 8.69. The molecule has 0 unspecified atom stereocenters. The van der Waals surface area contributed by atoms with Crippen molar-refractivity contribution >= 4 is 27.7 Å². The van der Waals surface area contributed by atoms with E-state index in [4.69, 9.17) is 4.74 Å². The van der Waals surface area contributed by atoms with Gasteiger partial charge in [0, 0.05) is 24.9 Å². The first-order valence-corrected chi connectivity index (χ1v) is 10.1. The third-order valence-electron chi connectivity index (χ3n) is 4.23. The lowest BCUT2D eigenvalue weighted by Crippen LogP contribution is -2.40. The molecule has 0 bridgehead atoms. The van der Waals surface area contributed by atoms with E-state index >= 15 is 0 Å². The maximum absolute atomic E-state index is 12.6. The van der Waals surface area contributed by atoms with Crippen molar-refractivity contribution in [2.45, 2.75) is 11.8 Å². The molecule has 0 aliphatic carbocycles. The Morgan fingerprint density at radius 3 is 2.30 bits per heavy atom. The molecule has 0 atom stereocenters. The topological polar surface area (TPSA) is 75.7 Å². The minimum absolute atomic E-state index is 0.241. The number of carbonyl (C=O) groups excluding carboxylic acids is 1. The molecule has 2 aromatic carbocycles. The fraction of sp³-hybridized carbons (Fsp3) is 0.250. The molecule has 0 spiro atoms. The molecule has 0 aromatic heterocycles. The predicted molar refractivity (Wildman–Crippen MR) is 105 cm³/mol. The molecule has 0 saturated carbocycles. The van der Waals surface area contributed by atoms with Crippen LogP contribution in [0.2, 0.25) is 0 Å². The second-order valence-corrected chi connectivity index (χ2v) is 8.21. The smallest absolute Gasteiger partial charge is 0.248 e. The molecule has 1 heterocycles. The van der Waals surface area contributed by atoms with Crippen LogP contribution in [0.1, 0.15) is 11.1 Å². The zero-order valence-corrected chi connectivity index (χ0v) is 15.9. The van der Waals surface area contributed by atoms with Crippen LogP contribution < -0.4 is 5.32 Å². The van der Waals surface area contributed by atoms with E-state index in [-0.39, 0.29) is 10.8 Å². The summed E-state index contributed by atoms with van der Waals surface area (Å²) in [6, 6.07) is 14.0. The van der Waals surface area contributed by atoms with Crippen LogP contribution in [0.15, 0.2) is 59.5 Å². The Morgan fingerprint density at radius 2 is 1.67 bits per heavy atom. The summed E-state index contributed by atoms with van der Waals surface area (Å²) in [6.07, 6.45) is 3.07. The number of nitrogens with one attached hydrogen (secondary N) is 1. The van der Waals surface area contributed by atoms with E-state index in [2.05, 4.69) is 5.32 Å². The number of carbonyl (C=O) groups is 1. The highest BCUT2D eigenvalue weighted by molar-refractivity contribution is 7.89. The van der Waals surface area contributed by atoms with Gasteiger partial charge in [-0.05, 0) is 42.8 Å². The quantitative estimate of drug-likeness (QED) is 0.802. The summed E-state index contributed by atoms with van der Waals surface area (Å²) in [4.78, 5) is 12.2. The molecule has 142 valence electrons. The van der Waals surface area contributed by atoms with E-state index in [9.17, 15) is 13.2 Å². The van der Waals surface area contributed by atoms with Gasteiger partial charge in [0.15, 0.2) is 0 Å². The van der Waals surface area contributed by atoms with Gasteiger partial charge in [0.05, 0.1) is 18.1 Å². The van der Waals surface area contributed by atoms with Crippen molar-refractivity contribution in [1.29, 1.82) is 0 Å². The maximum Gasteiger partial charge on any atom is 0.248 e. The zero-order chi connectivity index (χ0) is 19.3. The van der Waals surface area contributed by atoms with Crippen molar-refractivity contribution in [3.63, 3.8) is 0 Å². The molecule has 1 aliphatic heterocycles. The van der Waals surface area contributed by atoms with E-state index in [1.807, 2.05) is 31.2 Å². The Kier molecular flexibility index (Phi) is 6.05. The van der Waals surface area contributed by atoms with Crippen LogP contribution in [0.25, 0.3) is 6.08 Å². The molecule has 1 saturated heterocycles. The molecular weight excluding hydrogens is 364 g/mol. The maximum atomic E-state index is 12.6. The Balaban J connectivity index is 1.63. The standard InChI is InChI=1S/C20H22N2O4S/c1-16-2-7-18(8-3-16)21-20(23)11-6-17-4-9-19(10-5-17)27(24,25)22-12-14-26-15-13-22/h2-11H,12-15H2,1H3,(H,21,23). The van der Waals surface area contributed by atoms with Crippen molar-refractivity contribution < 1.29 is 17.9 Å². The molecule has 27 heavy (non-hydrogen) atoms. The summed E-state index contributed by atoms with van der Waals surface area (Å²) in [5.41, 5.74) is 2.59. The summed E-state index contributed by atoms with van der Waals surface area (Å²) in [7, 11) is -3.50. The normalized spacial score (nSPS) is 15.7. The minimum Gasteiger partial charge on any atom is -0.379 e. The van der Waals surface area contributed by atoms with Gasteiger partial charge >= 0.3 is 0 Å². The summed E-state index contributed by atoms with van der Waals surface area (Å²) >= 11 is 0. The van der Waals surface area contributed by atoms with Crippen LogP contribution in [0.5, 0.6) is 0 Å². The Labute approximate surface area is 159 Å². The number of hydrogen-bond donors (Lipinski definition) is 1. The number of rotatable bonds is 5. The number of amides is 1. The molecule has 7 heteroatoms. The van der Waals surface area contributed by atoms with Gasteiger partial charge in [0.25, 0.3) is 0 Å². The second kappa shape index (κ2) is 8.47. The number of morpholine rings is 1. The van der Waals surface area contributed by atoms with E-state index in [0.29, 0.717) is 26.3 Å². The van der Waals surface area contributed by atoms with Gasteiger partial charge in [-0.25, -0.2) is 8.42 Å². The molecular formula is C20H22N2O4S.